The molecule has 1 aliphatic rings. The van der Waals surface area contributed by atoms with Crippen LogP contribution >= 0.6 is 0 Å². The number of hydrogen-bond donors (Lipinski definition) is 2. The van der Waals surface area contributed by atoms with Gasteiger partial charge in [0, 0.05) is 19.7 Å². The van der Waals surface area contributed by atoms with Crippen LogP contribution in [0.1, 0.15) is 33.1 Å². The Morgan fingerprint density at radius 2 is 2.18 bits per heavy atom. The van der Waals surface area contributed by atoms with Crippen LogP contribution in [0.4, 0.5) is 0 Å². The summed E-state index contributed by atoms with van der Waals surface area (Å²) in [5.74, 6) is 0.364. The van der Waals surface area contributed by atoms with Crippen LogP contribution in [-0.2, 0) is 4.74 Å². The van der Waals surface area contributed by atoms with E-state index in [1.54, 1.807) is 0 Å². The van der Waals surface area contributed by atoms with Gasteiger partial charge in [-0.05, 0) is 32.2 Å². The molecule has 4 nitrogen and oxygen atoms in total. The van der Waals surface area contributed by atoms with E-state index in [2.05, 4.69) is 11.8 Å². The molecule has 0 spiro atoms. The van der Waals surface area contributed by atoms with Crippen molar-refractivity contribution in [3.8, 4) is 0 Å². The van der Waals surface area contributed by atoms with Gasteiger partial charge in [0.15, 0.2) is 0 Å². The van der Waals surface area contributed by atoms with E-state index < -0.39 is 6.10 Å². The third-order valence-corrected chi connectivity index (χ3v) is 3.41. The maximum absolute atomic E-state index is 9.80. The van der Waals surface area contributed by atoms with Crippen LogP contribution in [0.25, 0.3) is 0 Å². The minimum absolute atomic E-state index is 0.238. The summed E-state index contributed by atoms with van der Waals surface area (Å²) in [6, 6.07) is 0. The number of hydrogen-bond acceptors (Lipinski definition) is 4. The van der Waals surface area contributed by atoms with Crippen LogP contribution in [0.15, 0.2) is 0 Å². The monoisotopic (exact) mass is 245 g/mol. The minimum atomic E-state index is -0.403. The average molecular weight is 245 g/mol. The number of aliphatic hydroxyl groups excluding tert-OH is 2. The molecule has 1 aliphatic heterocycles. The number of aliphatic hydroxyl groups is 2. The van der Waals surface area contributed by atoms with Gasteiger partial charge in [0.1, 0.15) is 0 Å². The highest BCUT2D eigenvalue weighted by Gasteiger charge is 2.26. The number of ether oxygens (including phenoxy) is 1. The largest absolute Gasteiger partial charge is 0.393 e. The zero-order valence-corrected chi connectivity index (χ0v) is 11.1. The lowest BCUT2D eigenvalue weighted by molar-refractivity contribution is 0.0177. The molecule has 0 aromatic carbocycles. The topological polar surface area (TPSA) is 52.9 Å². The fourth-order valence-corrected chi connectivity index (χ4v) is 2.24. The molecule has 0 aliphatic carbocycles. The Morgan fingerprint density at radius 3 is 2.76 bits per heavy atom. The number of likely N-dealkylation sites (tertiary alicyclic amines) is 1. The van der Waals surface area contributed by atoms with E-state index in [-0.39, 0.29) is 6.10 Å². The van der Waals surface area contributed by atoms with Crippen molar-refractivity contribution in [3.05, 3.63) is 0 Å². The fourth-order valence-electron chi connectivity index (χ4n) is 2.24. The zero-order valence-electron chi connectivity index (χ0n) is 11.1. The normalized spacial score (nSPS) is 25.1. The van der Waals surface area contributed by atoms with Gasteiger partial charge in [0.05, 0.1) is 18.8 Å². The third-order valence-electron chi connectivity index (χ3n) is 3.41. The molecule has 4 heteroatoms. The molecule has 1 fully saturated rings. The molecular formula is C13H27NO3. The van der Waals surface area contributed by atoms with Gasteiger partial charge in [-0.3, -0.25) is 0 Å². The Balaban J connectivity index is 2.08. The number of unbranched alkanes of at least 4 members (excludes halogenated alkanes) is 1. The first-order valence-electron chi connectivity index (χ1n) is 6.79. The Hall–Kier alpha value is -0.160. The lowest BCUT2D eigenvalue weighted by Crippen LogP contribution is -2.34. The number of β-amino-alcohol motifs (C(OH)–C–C–N with tert-alkyl or cyclic N) is 1. The molecule has 2 N–H and O–H groups in total. The van der Waals surface area contributed by atoms with Crippen molar-refractivity contribution in [2.45, 2.75) is 45.3 Å². The summed E-state index contributed by atoms with van der Waals surface area (Å²) in [6.07, 6.45) is 2.57. The highest BCUT2D eigenvalue weighted by atomic mass is 16.5. The van der Waals surface area contributed by atoms with Gasteiger partial charge in [-0.25, -0.2) is 0 Å². The molecule has 3 unspecified atom stereocenters. The standard InChI is InChI=1S/C13H27NO3/c1-3-4-7-17-10-13(16)9-14-6-5-12(8-14)11(2)15/h11-13,15-16H,3-10H2,1-2H3. The van der Waals surface area contributed by atoms with Crippen LogP contribution in [0.3, 0.4) is 0 Å². The quantitative estimate of drug-likeness (QED) is 0.623. The summed E-state index contributed by atoms with van der Waals surface area (Å²) in [5.41, 5.74) is 0. The van der Waals surface area contributed by atoms with Crippen LogP contribution in [0.5, 0.6) is 0 Å². The fraction of sp³-hybridized carbons (Fsp3) is 1.00. The maximum atomic E-state index is 9.80. The maximum Gasteiger partial charge on any atom is 0.0900 e. The molecule has 0 aromatic rings. The predicted molar refractivity (Wildman–Crippen MR) is 68.0 cm³/mol. The summed E-state index contributed by atoms with van der Waals surface area (Å²) in [5, 5.41) is 19.3. The molecule has 0 aromatic heterocycles. The van der Waals surface area contributed by atoms with Gasteiger partial charge >= 0.3 is 0 Å². The van der Waals surface area contributed by atoms with Gasteiger partial charge in [0.25, 0.3) is 0 Å². The molecule has 3 atom stereocenters. The average Bonchev–Trinajstić information content (AvgIpc) is 2.73. The second-order valence-corrected chi connectivity index (χ2v) is 5.13. The van der Waals surface area contributed by atoms with Crippen LogP contribution in [0, 0.1) is 5.92 Å². The van der Waals surface area contributed by atoms with Crippen molar-refractivity contribution in [3.63, 3.8) is 0 Å². The summed E-state index contributed by atoms with van der Waals surface area (Å²) in [6.45, 7) is 7.67. The lowest BCUT2D eigenvalue weighted by atomic mass is 10.0. The van der Waals surface area contributed by atoms with Crippen molar-refractivity contribution in [1.29, 1.82) is 0 Å². The smallest absolute Gasteiger partial charge is 0.0900 e. The second-order valence-electron chi connectivity index (χ2n) is 5.13. The first-order valence-corrected chi connectivity index (χ1v) is 6.79. The van der Waals surface area contributed by atoms with Crippen molar-refractivity contribution >= 4 is 0 Å². The van der Waals surface area contributed by atoms with Gasteiger partial charge in [-0.2, -0.15) is 0 Å². The molecule has 1 saturated heterocycles. The Morgan fingerprint density at radius 1 is 1.41 bits per heavy atom. The molecule has 102 valence electrons. The SMILES string of the molecule is CCCCOCC(O)CN1CCC(C(C)O)C1. The van der Waals surface area contributed by atoms with E-state index in [9.17, 15) is 10.2 Å². The Kier molecular flexibility index (Phi) is 7.04. The molecule has 17 heavy (non-hydrogen) atoms. The van der Waals surface area contributed by atoms with E-state index in [0.717, 1.165) is 39.0 Å². The highest BCUT2D eigenvalue weighted by Crippen LogP contribution is 2.19. The van der Waals surface area contributed by atoms with Crippen molar-refractivity contribution in [2.75, 3.05) is 32.8 Å². The first-order chi connectivity index (χ1) is 8.13. The lowest BCUT2D eigenvalue weighted by Gasteiger charge is -2.20. The minimum Gasteiger partial charge on any atom is -0.393 e. The molecule has 0 amide bonds. The zero-order chi connectivity index (χ0) is 12.7. The first kappa shape index (κ1) is 14.9. The van der Waals surface area contributed by atoms with Crippen molar-refractivity contribution < 1.29 is 14.9 Å². The molecule has 0 radical (unpaired) electrons. The Labute approximate surface area is 105 Å². The summed E-state index contributed by atoms with van der Waals surface area (Å²) in [4.78, 5) is 2.21. The second kappa shape index (κ2) is 8.03. The van der Waals surface area contributed by atoms with E-state index >= 15 is 0 Å². The van der Waals surface area contributed by atoms with Crippen molar-refractivity contribution in [2.24, 2.45) is 5.92 Å². The number of nitrogens with zero attached hydrogens (tertiary/aromatic N) is 1. The van der Waals surface area contributed by atoms with E-state index in [1.165, 1.54) is 0 Å². The molecular weight excluding hydrogens is 218 g/mol. The predicted octanol–water partition coefficient (Wildman–Crippen LogP) is 0.867. The van der Waals surface area contributed by atoms with Gasteiger partial charge in [-0.15, -0.1) is 0 Å². The molecule has 1 rings (SSSR count). The van der Waals surface area contributed by atoms with Gasteiger partial charge < -0.3 is 19.8 Å². The van der Waals surface area contributed by atoms with Crippen molar-refractivity contribution in [1.82, 2.24) is 4.90 Å². The Bertz CT molecular complexity index is 199. The summed E-state index contributed by atoms with van der Waals surface area (Å²) < 4.78 is 5.39. The summed E-state index contributed by atoms with van der Waals surface area (Å²) in [7, 11) is 0. The van der Waals surface area contributed by atoms with E-state index in [0.29, 0.717) is 19.1 Å². The molecule has 0 bridgehead atoms. The van der Waals surface area contributed by atoms with E-state index in [1.807, 2.05) is 6.92 Å². The highest BCUT2D eigenvalue weighted by molar-refractivity contribution is 4.80. The van der Waals surface area contributed by atoms with Gasteiger partial charge in [0.2, 0.25) is 0 Å². The summed E-state index contributed by atoms with van der Waals surface area (Å²) >= 11 is 0. The van der Waals surface area contributed by atoms with Crippen LogP contribution < -0.4 is 0 Å². The van der Waals surface area contributed by atoms with E-state index in [4.69, 9.17) is 4.74 Å². The van der Waals surface area contributed by atoms with Crippen LogP contribution in [-0.4, -0.2) is 60.2 Å². The van der Waals surface area contributed by atoms with Crippen LogP contribution in [0.2, 0.25) is 0 Å². The number of rotatable bonds is 8. The van der Waals surface area contributed by atoms with Gasteiger partial charge in [-0.1, -0.05) is 13.3 Å². The third kappa shape index (κ3) is 5.82. The molecule has 1 heterocycles. The molecule has 0 saturated carbocycles.